The second kappa shape index (κ2) is 7.79. The van der Waals surface area contributed by atoms with E-state index in [9.17, 15) is 5.11 Å². The summed E-state index contributed by atoms with van der Waals surface area (Å²) in [6, 6.07) is 0. The lowest BCUT2D eigenvalue weighted by Crippen LogP contribution is -2.19. The van der Waals surface area contributed by atoms with Gasteiger partial charge in [0.2, 0.25) is 0 Å². The molecule has 2 saturated carbocycles. The molecule has 0 saturated heterocycles. The molecule has 3 rings (SSSR count). The van der Waals surface area contributed by atoms with Crippen molar-refractivity contribution in [1.82, 2.24) is 0 Å². The first-order valence-electron chi connectivity index (χ1n) is 9.23. The van der Waals surface area contributed by atoms with Gasteiger partial charge in [0.25, 0.3) is 5.76 Å². The molecule has 1 N–H and O–H groups in total. The molecular weight excluding hydrogens is 268 g/mol. The zero-order valence-electron chi connectivity index (χ0n) is 13.7. The highest BCUT2D eigenvalue weighted by Gasteiger charge is 2.26. The molecular formula is C21H29O+. The summed E-state index contributed by atoms with van der Waals surface area (Å²) in [5, 5.41) is 9.96. The maximum Gasteiger partial charge on any atom is 0.290 e. The molecule has 0 bridgehead atoms. The van der Waals surface area contributed by atoms with Gasteiger partial charge in [-0.3, -0.25) is 0 Å². The van der Waals surface area contributed by atoms with Crippen LogP contribution < -0.4 is 0 Å². The largest absolute Gasteiger partial charge is 0.481 e. The minimum Gasteiger partial charge on any atom is -0.481 e. The van der Waals surface area contributed by atoms with Gasteiger partial charge in [-0.05, 0) is 37.5 Å². The average Bonchev–Trinajstić information content (AvgIpc) is 2.59. The zero-order valence-corrected chi connectivity index (χ0v) is 13.7. The van der Waals surface area contributed by atoms with Gasteiger partial charge in [-0.25, -0.2) is 0 Å². The van der Waals surface area contributed by atoms with Crippen molar-refractivity contribution >= 4 is 0 Å². The minimum atomic E-state index is 0.324. The molecule has 22 heavy (non-hydrogen) atoms. The van der Waals surface area contributed by atoms with E-state index < -0.39 is 0 Å². The molecule has 0 aromatic rings. The Hall–Kier alpha value is -1.33. The quantitative estimate of drug-likeness (QED) is 0.483. The second-order valence-corrected chi connectivity index (χ2v) is 7.12. The monoisotopic (exact) mass is 297 g/mol. The molecule has 3 aliphatic rings. The first kappa shape index (κ1) is 15.6. The molecule has 0 spiro atoms. The molecule has 0 amide bonds. The second-order valence-electron chi connectivity index (χ2n) is 7.12. The van der Waals surface area contributed by atoms with E-state index in [1.54, 1.807) is 11.6 Å². The van der Waals surface area contributed by atoms with E-state index in [0.717, 1.165) is 23.8 Å². The maximum absolute atomic E-state index is 9.96. The van der Waals surface area contributed by atoms with Gasteiger partial charge in [0.1, 0.15) is 11.6 Å². The zero-order chi connectivity index (χ0) is 15.2. The van der Waals surface area contributed by atoms with E-state index in [4.69, 9.17) is 0 Å². The Morgan fingerprint density at radius 1 is 1.00 bits per heavy atom. The molecule has 0 atom stereocenters. The highest BCUT2D eigenvalue weighted by molar-refractivity contribution is 5.36. The van der Waals surface area contributed by atoms with Crippen LogP contribution in [0.2, 0.25) is 0 Å². The van der Waals surface area contributed by atoms with Crippen LogP contribution in [0.3, 0.4) is 0 Å². The lowest BCUT2D eigenvalue weighted by Gasteiger charge is -2.32. The van der Waals surface area contributed by atoms with E-state index in [0.29, 0.717) is 5.76 Å². The summed E-state index contributed by atoms with van der Waals surface area (Å²) < 4.78 is 0. The molecule has 0 aliphatic heterocycles. The Labute approximate surface area is 135 Å². The summed E-state index contributed by atoms with van der Waals surface area (Å²) in [4.78, 5) is 0. The summed E-state index contributed by atoms with van der Waals surface area (Å²) in [7, 11) is 0. The average molecular weight is 297 g/mol. The van der Waals surface area contributed by atoms with Gasteiger partial charge in [-0.15, -0.1) is 0 Å². The molecule has 0 unspecified atom stereocenters. The van der Waals surface area contributed by atoms with Gasteiger partial charge in [0.15, 0.2) is 0 Å². The minimum absolute atomic E-state index is 0.324. The summed E-state index contributed by atoms with van der Waals surface area (Å²) in [5.41, 5.74) is 2.74. The van der Waals surface area contributed by atoms with Crippen molar-refractivity contribution in [2.45, 2.75) is 70.6 Å². The molecule has 0 heterocycles. The fraction of sp³-hybridized carbons (Fsp3) is 0.619. The van der Waals surface area contributed by atoms with Crippen LogP contribution >= 0.6 is 0 Å². The molecule has 0 aromatic heterocycles. The van der Waals surface area contributed by atoms with Gasteiger partial charge < -0.3 is 5.11 Å². The van der Waals surface area contributed by atoms with E-state index in [1.807, 2.05) is 12.2 Å². The number of rotatable bonds is 4. The third-order valence-electron chi connectivity index (χ3n) is 5.63. The predicted octanol–water partition coefficient (Wildman–Crippen LogP) is 6.20. The lowest BCUT2D eigenvalue weighted by molar-refractivity contribution is 0.325. The van der Waals surface area contributed by atoms with Gasteiger partial charge in [0.05, 0.1) is 12.2 Å². The molecule has 0 aromatic carbocycles. The highest BCUT2D eigenvalue weighted by Crippen LogP contribution is 2.40. The summed E-state index contributed by atoms with van der Waals surface area (Å²) in [6.07, 6.45) is 26.0. The van der Waals surface area contributed by atoms with Crippen LogP contribution in [0.25, 0.3) is 0 Å². The van der Waals surface area contributed by atoms with Gasteiger partial charge in [0, 0.05) is 12.5 Å². The SMILES string of the molecule is OC1=[C+]C=CC=C1CC=C(C1CCCCC1)C1CCCCC1. The Balaban J connectivity index is 1.74. The summed E-state index contributed by atoms with van der Waals surface area (Å²) >= 11 is 0. The van der Waals surface area contributed by atoms with Crippen LogP contribution in [-0.4, -0.2) is 5.11 Å². The van der Waals surface area contributed by atoms with Crippen LogP contribution in [0.1, 0.15) is 70.6 Å². The molecule has 2 fully saturated rings. The Morgan fingerprint density at radius 3 is 2.14 bits per heavy atom. The molecule has 1 nitrogen and oxygen atoms in total. The van der Waals surface area contributed by atoms with E-state index in [-0.39, 0.29) is 0 Å². The first-order chi connectivity index (χ1) is 10.8. The fourth-order valence-electron chi connectivity index (χ4n) is 4.39. The molecule has 1 heteroatoms. The molecule has 0 radical (unpaired) electrons. The highest BCUT2D eigenvalue weighted by atomic mass is 16.3. The Morgan fingerprint density at radius 2 is 1.59 bits per heavy atom. The van der Waals surface area contributed by atoms with Crippen LogP contribution in [-0.2, 0) is 0 Å². The fourth-order valence-corrected chi connectivity index (χ4v) is 4.39. The summed E-state index contributed by atoms with van der Waals surface area (Å²) in [6.45, 7) is 0. The standard InChI is InChI=1S/C21H28O/c22-21-14-8-7-13-19(21)15-16-20(17-9-3-1-4-10-17)18-11-5-2-6-12-18/h7-8,13,16-18H,1-6,9-12,15H2/p+1. The normalized spacial score (nSPS) is 23.5. The van der Waals surface area contributed by atoms with Gasteiger partial charge in [-0.2, -0.15) is 0 Å². The molecule has 118 valence electrons. The number of aliphatic hydroxyl groups excluding tert-OH is 1. The van der Waals surface area contributed by atoms with Crippen molar-refractivity contribution in [2.24, 2.45) is 11.8 Å². The summed E-state index contributed by atoms with van der Waals surface area (Å²) in [5.74, 6) is 1.95. The van der Waals surface area contributed by atoms with Crippen molar-refractivity contribution in [3.8, 4) is 0 Å². The topological polar surface area (TPSA) is 20.2 Å². The Bertz CT molecular complexity index is 460. The number of allylic oxidation sites excluding steroid dienone is 7. The van der Waals surface area contributed by atoms with E-state index in [2.05, 4.69) is 12.2 Å². The van der Waals surface area contributed by atoms with Crippen LogP contribution in [0.15, 0.2) is 41.2 Å². The number of aliphatic hydroxyl groups is 1. The Kier molecular flexibility index (Phi) is 5.51. The number of hydrogen-bond acceptors (Lipinski definition) is 1. The predicted molar refractivity (Wildman–Crippen MR) is 92.5 cm³/mol. The smallest absolute Gasteiger partial charge is 0.290 e. The lowest BCUT2D eigenvalue weighted by atomic mass is 9.73. The van der Waals surface area contributed by atoms with Crippen LogP contribution in [0, 0.1) is 17.9 Å². The van der Waals surface area contributed by atoms with Crippen molar-refractivity contribution in [3.05, 3.63) is 47.3 Å². The maximum atomic E-state index is 9.96. The van der Waals surface area contributed by atoms with Gasteiger partial charge >= 0.3 is 0 Å². The third kappa shape index (κ3) is 3.90. The van der Waals surface area contributed by atoms with E-state index >= 15 is 0 Å². The van der Waals surface area contributed by atoms with Gasteiger partial charge in [-0.1, -0.05) is 50.2 Å². The van der Waals surface area contributed by atoms with Crippen LogP contribution in [0.4, 0.5) is 0 Å². The van der Waals surface area contributed by atoms with Crippen LogP contribution in [0.5, 0.6) is 0 Å². The van der Waals surface area contributed by atoms with Crippen molar-refractivity contribution in [1.29, 1.82) is 0 Å². The first-order valence-corrected chi connectivity index (χ1v) is 9.23. The van der Waals surface area contributed by atoms with Crippen molar-refractivity contribution in [2.75, 3.05) is 0 Å². The van der Waals surface area contributed by atoms with E-state index in [1.165, 1.54) is 64.2 Å². The van der Waals surface area contributed by atoms with Crippen molar-refractivity contribution in [3.63, 3.8) is 0 Å². The third-order valence-corrected chi connectivity index (χ3v) is 5.63. The molecule has 3 aliphatic carbocycles. The van der Waals surface area contributed by atoms with Crippen molar-refractivity contribution < 1.29 is 5.11 Å². The number of hydrogen-bond donors (Lipinski definition) is 1.